The van der Waals surface area contributed by atoms with Gasteiger partial charge in [0, 0.05) is 5.02 Å². The number of hydrogen-bond donors (Lipinski definition) is 1. The van der Waals surface area contributed by atoms with Crippen LogP contribution < -0.4 is 10.1 Å². The Morgan fingerprint density at radius 1 is 1.30 bits per heavy atom. The van der Waals surface area contributed by atoms with Gasteiger partial charge in [0.15, 0.2) is 6.61 Å². The summed E-state index contributed by atoms with van der Waals surface area (Å²) in [5.41, 5.74) is 0. The first kappa shape index (κ1) is 17.6. The summed E-state index contributed by atoms with van der Waals surface area (Å²) >= 11 is 11.8. The van der Waals surface area contributed by atoms with Crippen LogP contribution in [0, 0.1) is 5.92 Å². The Hall–Kier alpha value is -1.79. The number of amides is 1. The Kier molecular flexibility index (Phi) is 6.24. The third-order valence-corrected chi connectivity index (χ3v) is 3.76. The molecule has 8 heteroatoms. The van der Waals surface area contributed by atoms with Gasteiger partial charge < -0.3 is 10.1 Å². The van der Waals surface area contributed by atoms with Crippen molar-refractivity contribution in [3.05, 3.63) is 40.6 Å². The molecular weight excluding hydrogens is 339 g/mol. The topological polar surface area (TPSA) is 69.0 Å². The number of nitrogens with one attached hydrogen (secondary N) is 1. The van der Waals surface area contributed by atoms with E-state index in [1.54, 1.807) is 35.4 Å². The lowest BCUT2D eigenvalue weighted by atomic mass is 10.0. The molecule has 0 fully saturated rings. The monoisotopic (exact) mass is 356 g/mol. The maximum absolute atomic E-state index is 12.1. The smallest absolute Gasteiger partial charge is 0.258 e. The van der Waals surface area contributed by atoms with Crippen molar-refractivity contribution >= 4 is 29.1 Å². The fourth-order valence-electron chi connectivity index (χ4n) is 1.92. The fraction of sp³-hybridized carbons (Fsp3) is 0.400. The quantitative estimate of drug-likeness (QED) is 0.827. The molecule has 0 saturated heterocycles. The van der Waals surface area contributed by atoms with Gasteiger partial charge in [-0.1, -0.05) is 37.0 Å². The summed E-state index contributed by atoms with van der Waals surface area (Å²) in [5, 5.41) is 11.9. The molecule has 6 nitrogen and oxygen atoms in total. The summed E-state index contributed by atoms with van der Waals surface area (Å²) in [7, 11) is 0. The van der Waals surface area contributed by atoms with Gasteiger partial charge in [-0.05, 0) is 24.1 Å². The Bertz CT molecular complexity index is 647. The number of nitrogens with zero attached hydrogens (tertiary/aromatic N) is 3. The molecule has 2 aromatic rings. The van der Waals surface area contributed by atoms with Crippen LogP contribution in [0.15, 0.2) is 30.6 Å². The second-order valence-electron chi connectivity index (χ2n) is 5.37. The number of rotatable bonds is 7. The molecule has 0 aliphatic carbocycles. The van der Waals surface area contributed by atoms with Gasteiger partial charge in [0.1, 0.15) is 5.75 Å². The second-order valence-corrected chi connectivity index (χ2v) is 6.21. The summed E-state index contributed by atoms with van der Waals surface area (Å²) in [6.45, 7) is 4.41. The molecule has 1 N–H and O–H groups in total. The highest BCUT2D eigenvalue weighted by atomic mass is 35.5. The molecule has 1 atom stereocenters. The van der Waals surface area contributed by atoms with E-state index in [0.29, 0.717) is 22.3 Å². The molecular formula is C15H18Cl2N4O2. The zero-order valence-corrected chi connectivity index (χ0v) is 14.4. The van der Waals surface area contributed by atoms with E-state index in [0.717, 1.165) is 0 Å². The molecule has 0 spiro atoms. The average Bonchev–Trinajstić information content (AvgIpc) is 2.98. The molecule has 0 radical (unpaired) electrons. The average molecular weight is 357 g/mol. The van der Waals surface area contributed by atoms with E-state index in [4.69, 9.17) is 27.9 Å². The maximum atomic E-state index is 12.1. The van der Waals surface area contributed by atoms with Crippen LogP contribution in [-0.2, 0) is 11.3 Å². The van der Waals surface area contributed by atoms with E-state index in [-0.39, 0.29) is 24.5 Å². The zero-order valence-electron chi connectivity index (χ0n) is 12.9. The molecule has 1 aromatic heterocycles. The number of benzene rings is 1. The summed E-state index contributed by atoms with van der Waals surface area (Å²) in [4.78, 5) is 13.6. The lowest BCUT2D eigenvalue weighted by Gasteiger charge is -2.22. The molecule has 124 valence electrons. The normalized spacial score (nSPS) is 12.2. The van der Waals surface area contributed by atoms with Crippen LogP contribution in [0.4, 0.5) is 0 Å². The van der Waals surface area contributed by atoms with Crippen molar-refractivity contribution in [1.82, 2.24) is 20.3 Å². The highest BCUT2D eigenvalue weighted by Crippen LogP contribution is 2.27. The van der Waals surface area contributed by atoms with Gasteiger partial charge in [0.2, 0.25) is 0 Å². The van der Waals surface area contributed by atoms with E-state index in [1.807, 2.05) is 13.8 Å². The van der Waals surface area contributed by atoms with E-state index < -0.39 is 0 Å². The van der Waals surface area contributed by atoms with E-state index in [1.165, 1.54) is 0 Å². The minimum absolute atomic E-state index is 0.0980. The molecule has 0 aliphatic heterocycles. The van der Waals surface area contributed by atoms with Gasteiger partial charge in [0.25, 0.3) is 5.91 Å². The highest BCUT2D eigenvalue weighted by molar-refractivity contribution is 6.35. The number of carbonyl (C=O) groups is 1. The molecule has 1 amide bonds. The van der Waals surface area contributed by atoms with Crippen molar-refractivity contribution in [2.24, 2.45) is 5.92 Å². The SMILES string of the molecule is CC(C)C(Cn1nccn1)NC(=O)COc1ccc(Cl)cc1Cl. The van der Waals surface area contributed by atoms with Gasteiger partial charge in [0.05, 0.1) is 30.0 Å². The number of hydrogen-bond acceptors (Lipinski definition) is 4. The molecule has 0 aliphatic rings. The first-order chi connectivity index (χ1) is 11.0. The van der Waals surface area contributed by atoms with Crippen molar-refractivity contribution < 1.29 is 9.53 Å². The predicted molar refractivity (Wildman–Crippen MR) is 88.7 cm³/mol. The number of halogens is 2. The summed E-state index contributed by atoms with van der Waals surface area (Å²) in [6, 6.07) is 4.75. The Morgan fingerprint density at radius 3 is 2.61 bits per heavy atom. The molecule has 0 bridgehead atoms. The minimum Gasteiger partial charge on any atom is -0.482 e. The fourth-order valence-corrected chi connectivity index (χ4v) is 2.38. The first-order valence-electron chi connectivity index (χ1n) is 7.17. The summed E-state index contributed by atoms with van der Waals surface area (Å²) in [6.07, 6.45) is 3.20. The number of carbonyl (C=O) groups excluding carboxylic acids is 1. The molecule has 1 aromatic carbocycles. The van der Waals surface area contributed by atoms with Crippen molar-refractivity contribution in [3.8, 4) is 5.75 Å². The van der Waals surface area contributed by atoms with Crippen LogP contribution >= 0.6 is 23.2 Å². The molecule has 1 unspecified atom stereocenters. The van der Waals surface area contributed by atoms with Gasteiger partial charge in [-0.15, -0.1) is 0 Å². The maximum Gasteiger partial charge on any atom is 0.258 e. The third kappa shape index (κ3) is 5.41. The summed E-state index contributed by atoms with van der Waals surface area (Å²) < 4.78 is 5.43. The molecule has 23 heavy (non-hydrogen) atoms. The lowest BCUT2D eigenvalue weighted by Crippen LogP contribution is -2.44. The second kappa shape index (κ2) is 8.17. The van der Waals surface area contributed by atoms with Crippen molar-refractivity contribution in [2.75, 3.05) is 6.61 Å². The summed E-state index contributed by atoms with van der Waals surface area (Å²) in [5.74, 6) is 0.409. The Balaban J connectivity index is 1.89. The van der Waals surface area contributed by atoms with E-state index >= 15 is 0 Å². The lowest BCUT2D eigenvalue weighted by molar-refractivity contribution is -0.124. The number of aromatic nitrogens is 3. The Morgan fingerprint density at radius 2 is 2.00 bits per heavy atom. The van der Waals surface area contributed by atoms with Crippen molar-refractivity contribution in [3.63, 3.8) is 0 Å². The molecule has 2 rings (SSSR count). The van der Waals surface area contributed by atoms with E-state index in [2.05, 4.69) is 15.5 Å². The van der Waals surface area contributed by atoms with Gasteiger partial charge in [-0.3, -0.25) is 4.79 Å². The third-order valence-electron chi connectivity index (χ3n) is 3.23. The first-order valence-corrected chi connectivity index (χ1v) is 7.92. The number of ether oxygens (including phenoxy) is 1. The molecule has 1 heterocycles. The van der Waals surface area contributed by atoms with Crippen molar-refractivity contribution in [1.29, 1.82) is 0 Å². The van der Waals surface area contributed by atoms with Gasteiger partial charge in [-0.25, -0.2) is 0 Å². The van der Waals surface area contributed by atoms with Crippen LogP contribution in [0.2, 0.25) is 10.0 Å². The van der Waals surface area contributed by atoms with E-state index in [9.17, 15) is 4.79 Å². The van der Waals surface area contributed by atoms with Crippen LogP contribution in [0.3, 0.4) is 0 Å². The zero-order chi connectivity index (χ0) is 16.8. The van der Waals surface area contributed by atoms with Crippen LogP contribution in [0.1, 0.15) is 13.8 Å². The minimum atomic E-state index is -0.234. The molecule has 0 saturated carbocycles. The predicted octanol–water partition coefficient (Wildman–Crippen LogP) is 2.80. The van der Waals surface area contributed by atoms with Crippen molar-refractivity contribution in [2.45, 2.75) is 26.4 Å². The van der Waals surface area contributed by atoms with Crippen LogP contribution in [0.5, 0.6) is 5.75 Å². The standard InChI is InChI=1S/C15H18Cl2N4O2/c1-10(2)13(8-21-18-5-6-19-21)20-15(22)9-23-14-4-3-11(16)7-12(14)17/h3-7,10,13H,8-9H2,1-2H3,(H,20,22). The van der Waals surface area contributed by atoms with Crippen LogP contribution in [-0.4, -0.2) is 33.5 Å². The van der Waals surface area contributed by atoms with Gasteiger partial charge >= 0.3 is 0 Å². The van der Waals surface area contributed by atoms with Gasteiger partial charge in [-0.2, -0.15) is 15.0 Å². The Labute approximate surface area is 144 Å². The van der Waals surface area contributed by atoms with Crippen LogP contribution in [0.25, 0.3) is 0 Å². The highest BCUT2D eigenvalue weighted by Gasteiger charge is 2.18. The largest absolute Gasteiger partial charge is 0.482 e.